The van der Waals surface area contributed by atoms with Gasteiger partial charge < -0.3 is 0 Å². The quantitative estimate of drug-likeness (QED) is 0.493. The van der Waals surface area contributed by atoms with Crippen molar-refractivity contribution in [2.24, 2.45) is 5.92 Å². The number of rotatable bonds is 0. The normalized spacial score (nSPS) is 35.6. The van der Waals surface area contributed by atoms with Crippen molar-refractivity contribution in [3.63, 3.8) is 0 Å². The molecule has 0 spiro atoms. The van der Waals surface area contributed by atoms with Crippen molar-refractivity contribution in [3.05, 3.63) is 0 Å². The van der Waals surface area contributed by atoms with Gasteiger partial charge in [-0.05, 0) is 0 Å². The van der Waals surface area contributed by atoms with Crippen molar-refractivity contribution in [1.82, 2.24) is 0 Å². The van der Waals surface area contributed by atoms with Crippen LogP contribution >= 0.6 is 0 Å². The monoisotopic (exact) mass is 174 g/mol. The van der Waals surface area contributed by atoms with Gasteiger partial charge in [0.15, 0.2) is 0 Å². The molecule has 8 heavy (non-hydrogen) atoms. The van der Waals surface area contributed by atoms with Crippen LogP contribution in [0.3, 0.4) is 0 Å². The molecule has 1 aliphatic rings. The summed E-state index contributed by atoms with van der Waals surface area (Å²) in [6.45, 7) is 2.40. The van der Waals surface area contributed by atoms with E-state index >= 15 is 0 Å². The first-order chi connectivity index (χ1) is 3.60. The maximum atomic E-state index is 2.56. The molecule has 1 atom stereocenters. The minimum absolute atomic E-state index is 1.05. The van der Waals surface area contributed by atoms with Gasteiger partial charge in [0.05, 0.1) is 0 Å². The molecule has 1 fully saturated rings. The van der Waals surface area contributed by atoms with Crippen molar-refractivity contribution >= 4 is 13.3 Å². The molecule has 0 aromatic rings. The Morgan fingerprint density at radius 1 is 1.38 bits per heavy atom. The second-order valence-electron chi connectivity index (χ2n) is 4.01. The first-order valence-electron chi connectivity index (χ1n) is 3.60. The van der Waals surface area contributed by atoms with E-state index in [0.29, 0.717) is 0 Å². The van der Waals surface area contributed by atoms with Gasteiger partial charge >= 0.3 is 54.5 Å². The van der Waals surface area contributed by atoms with E-state index in [9.17, 15) is 0 Å². The van der Waals surface area contributed by atoms with E-state index in [-0.39, 0.29) is 0 Å². The van der Waals surface area contributed by atoms with Crippen LogP contribution in [0.15, 0.2) is 0 Å². The summed E-state index contributed by atoms with van der Waals surface area (Å²) in [5.41, 5.74) is 0. The molecule has 1 unspecified atom stereocenters. The third-order valence-electron chi connectivity index (χ3n) is 2.21. The molecule has 0 aliphatic carbocycles. The fourth-order valence-corrected chi connectivity index (χ4v) is 9.27. The van der Waals surface area contributed by atoms with Crippen molar-refractivity contribution in [2.45, 2.75) is 35.4 Å². The van der Waals surface area contributed by atoms with Gasteiger partial charge in [-0.15, -0.1) is 0 Å². The van der Waals surface area contributed by atoms with Crippen LogP contribution in [0.4, 0.5) is 0 Å². The van der Waals surface area contributed by atoms with E-state index in [2.05, 4.69) is 18.4 Å². The molecule has 0 aromatic carbocycles. The molecule has 1 aliphatic heterocycles. The molecule has 0 N–H and O–H groups in total. The van der Waals surface area contributed by atoms with Gasteiger partial charge in [-0.3, -0.25) is 0 Å². The predicted octanol–water partition coefficient (Wildman–Crippen LogP) is 2.73. The second-order valence-corrected chi connectivity index (χ2v) is 15.0. The van der Waals surface area contributed by atoms with Crippen LogP contribution in [0.1, 0.15) is 13.3 Å². The van der Waals surface area contributed by atoms with Gasteiger partial charge in [0, 0.05) is 0 Å². The van der Waals surface area contributed by atoms with E-state index in [1.807, 2.05) is 0 Å². The molecule has 0 nitrogen and oxygen atoms in total. The van der Waals surface area contributed by atoms with Gasteiger partial charge in [0.1, 0.15) is 0 Å². The van der Waals surface area contributed by atoms with Crippen LogP contribution in [0, 0.1) is 5.92 Å². The van der Waals surface area contributed by atoms with E-state index in [1.165, 1.54) is 6.42 Å². The maximum absolute atomic E-state index is 2.56. The first kappa shape index (κ1) is 6.66. The van der Waals surface area contributed by atoms with Crippen LogP contribution in [-0.4, -0.2) is 13.3 Å². The Labute approximate surface area is 55.0 Å². The third kappa shape index (κ3) is 1.51. The Hall–Kier alpha value is 0.543. The first-order valence-corrected chi connectivity index (χ1v) is 10.8. The van der Waals surface area contributed by atoms with E-state index in [4.69, 9.17) is 0 Å². The summed E-state index contributed by atoms with van der Waals surface area (Å²) in [6.07, 6.45) is 1.53. The molecule has 0 amide bonds. The fourth-order valence-electron chi connectivity index (χ4n) is 1.78. The standard InChI is InChI=1S/C7H16Ge/c1-7-4-5-8(2,3)6-7/h7H,4-6H2,1-3H3. The van der Waals surface area contributed by atoms with Crippen LogP contribution < -0.4 is 0 Å². The molecular formula is C7H16Ge. The molecule has 0 saturated carbocycles. The molecule has 48 valence electrons. The summed E-state index contributed by atoms with van der Waals surface area (Å²) in [6, 6.07) is 0. The van der Waals surface area contributed by atoms with Crippen LogP contribution in [0.2, 0.25) is 22.0 Å². The zero-order chi connectivity index (χ0) is 6.20. The molecule has 0 aromatic heterocycles. The Balaban J connectivity index is 2.44. The summed E-state index contributed by atoms with van der Waals surface area (Å²) in [5, 5.41) is 3.25. The minimum atomic E-state index is -1.05. The average Bonchev–Trinajstić information content (AvgIpc) is 1.82. The third-order valence-corrected chi connectivity index (χ3v) is 9.44. The molecule has 0 bridgehead atoms. The molecule has 1 rings (SSSR count). The molecule has 1 saturated heterocycles. The van der Waals surface area contributed by atoms with Crippen molar-refractivity contribution in [3.8, 4) is 0 Å². The van der Waals surface area contributed by atoms with E-state index < -0.39 is 13.3 Å². The van der Waals surface area contributed by atoms with Crippen molar-refractivity contribution < 1.29 is 0 Å². The molecule has 1 heterocycles. The van der Waals surface area contributed by atoms with Crippen molar-refractivity contribution in [2.75, 3.05) is 0 Å². The Bertz CT molecular complexity index is 86.4. The topological polar surface area (TPSA) is 0 Å². The molecule has 1 heteroatoms. The summed E-state index contributed by atoms with van der Waals surface area (Å²) in [4.78, 5) is 0. The average molecular weight is 173 g/mol. The van der Waals surface area contributed by atoms with E-state index in [1.54, 1.807) is 10.5 Å². The SMILES string of the molecule is CC1C[CH2][Ge]([CH3])([CH3])[CH2]1. The van der Waals surface area contributed by atoms with Gasteiger partial charge in [0.25, 0.3) is 0 Å². The zero-order valence-electron chi connectivity index (χ0n) is 6.20. The van der Waals surface area contributed by atoms with Gasteiger partial charge in [-0.2, -0.15) is 0 Å². The Morgan fingerprint density at radius 3 is 2.12 bits per heavy atom. The van der Waals surface area contributed by atoms with Crippen LogP contribution in [0.5, 0.6) is 0 Å². The summed E-state index contributed by atoms with van der Waals surface area (Å²) in [5.74, 6) is 6.19. The Morgan fingerprint density at radius 2 is 2.00 bits per heavy atom. The van der Waals surface area contributed by atoms with E-state index in [0.717, 1.165) is 5.92 Å². The predicted molar refractivity (Wildman–Crippen MR) is 40.9 cm³/mol. The van der Waals surface area contributed by atoms with Crippen LogP contribution in [0.25, 0.3) is 0 Å². The fraction of sp³-hybridized carbons (Fsp3) is 1.00. The Kier molecular flexibility index (Phi) is 1.71. The van der Waals surface area contributed by atoms with Gasteiger partial charge in [-0.1, -0.05) is 0 Å². The number of hydrogen-bond donors (Lipinski definition) is 0. The summed E-state index contributed by atoms with van der Waals surface area (Å²) < 4.78 is 0. The van der Waals surface area contributed by atoms with Crippen molar-refractivity contribution in [1.29, 1.82) is 0 Å². The van der Waals surface area contributed by atoms with Gasteiger partial charge in [0.2, 0.25) is 0 Å². The van der Waals surface area contributed by atoms with Crippen LogP contribution in [-0.2, 0) is 0 Å². The summed E-state index contributed by atoms with van der Waals surface area (Å²) >= 11 is -1.05. The van der Waals surface area contributed by atoms with Gasteiger partial charge in [-0.25, -0.2) is 0 Å². The molecular weight excluding hydrogens is 157 g/mol. The summed E-state index contributed by atoms with van der Waals surface area (Å²) in [7, 11) is 0. The number of hydrogen-bond acceptors (Lipinski definition) is 0. The molecule has 0 radical (unpaired) electrons. The second kappa shape index (κ2) is 2.05. The zero-order valence-corrected chi connectivity index (χ0v) is 8.30.